The first kappa shape index (κ1) is 24.6. The summed E-state index contributed by atoms with van der Waals surface area (Å²) >= 11 is 1.38. The fourth-order valence-corrected chi connectivity index (χ4v) is 8.15. The van der Waals surface area contributed by atoms with Crippen molar-refractivity contribution < 1.29 is 9.59 Å². The van der Waals surface area contributed by atoms with E-state index in [1.807, 2.05) is 122 Å². The van der Waals surface area contributed by atoms with Gasteiger partial charge in [-0.25, -0.2) is 4.99 Å². The first-order valence-electron chi connectivity index (χ1n) is 13.2. The van der Waals surface area contributed by atoms with E-state index in [2.05, 4.69) is 15.6 Å². The van der Waals surface area contributed by atoms with E-state index in [4.69, 9.17) is 4.99 Å². The van der Waals surface area contributed by atoms with E-state index in [0.717, 1.165) is 28.2 Å². The number of thioether (sulfide) groups is 1. The first-order valence-corrected chi connectivity index (χ1v) is 14.0. The van der Waals surface area contributed by atoms with Crippen molar-refractivity contribution in [3.05, 3.63) is 126 Å². The van der Waals surface area contributed by atoms with Crippen LogP contribution in [0.1, 0.15) is 17.0 Å². The Morgan fingerprint density at radius 2 is 1.48 bits per heavy atom. The highest BCUT2D eigenvalue weighted by Crippen LogP contribution is 2.65. The number of anilines is 2. The minimum atomic E-state index is -1.25. The Morgan fingerprint density at radius 1 is 0.850 bits per heavy atom. The topological polar surface area (TPSA) is 77.0 Å². The predicted molar refractivity (Wildman–Crippen MR) is 159 cm³/mol. The number of para-hydroxylation sites is 3. The molecule has 40 heavy (non-hydrogen) atoms. The van der Waals surface area contributed by atoms with Gasteiger partial charge >= 0.3 is 0 Å². The lowest BCUT2D eigenvalue weighted by Gasteiger charge is -2.41. The molecule has 198 valence electrons. The third-order valence-corrected chi connectivity index (χ3v) is 9.65. The highest BCUT2D eigenvalue weighted by atomic mass is 32.2. The van der Waals surface area contributed by atoms with Gasteiger partial charge in [0.05, 0.1) is 11.4 Å². The number of hydrogen-bond donors (Lipinski definition) is 2. The zero-order chi connectivity index (χ0) is 27.3. The van der Waals surface area contributed by atoms with Gasteiger partial charge in [0.2, 0.25) is 0 Å². The number of hydrazine groups is 1. The standard InChI is InChI=1S/C32H27N5O2S/c1-36-21-26(22-13-5-2-6-14-22)32(31(36)25-19-11-12-20-27(25)34-28(31)38)29(39)37(35-24-17-9-4-10-18-24)30(40-32)33-23-15-7-3-8-16-23/h2-20,26,35H,21H2,1H3,(H,34,38). The van der Waals surface area contributed by atoms with Gasteiger partial charge in [0.1, 0.15) is 4.75 Å². The van der Waals surface area contributed by atoms with E-state index in [9.17, 15) is 4.79 Å². The number of amides is 2. The molecule has 2 amide bonds. The summed E-state index contributed by atoms with van der Waals surface area (Å²) in [5, 5.41) is 5.14. The molecule has 0 aromatic heterocycles. The second kappa shape index (κ2) is 9.36. The summed E-state index contributed by atoms with van der Waals surface area (Å²) in [7, 11) is 1.95. The number of nitrogens with zero attached hydrogens (tertiary/aromatic N) is 3. The van der Waals surface area contributed by atoms with Gasteiger partial charge in [-0.3, -0.25) is 19.9 Å². The molecule has 2 fully saturated rings. The lowest BCUT2D eigenvalue weighted by molar-refractivity contribution is -0.137. The molecule has 7 rings (SSSR count). The number of carbonyl (C=O) groups is 2. The second-order valence-electron chi connectivity index (χ2n) is 10.2. The van der Waals surface area contributed by atoms with Crippen LogP contribution in [0.2, 0.25) is 0 Å². The highest BCUT2D eigenvalue weighted by Gasteiger charge is 2.78. The molecule has 8 heteroatoms. The molecule has 3 aliphatic heterocycles. The molecule has 0 saturated carbocycles. The van der Waals surface area contributed by atoms with E-state index in [0.29, 0.717) is 11.7 Å². The summed E-state index contributed by atoms with van der Waals surface area (Å²) in [4.78, 5) is 36.4. The van der Waals surface area contributed by atoms with Crippen molar-refractivity contribution in [1.82, 2.24) is 9.91 Å². The SMILES string of the molecule is CN1CC(c2ccccc2)C2(SC(=Nc3ccccc3)N(Nc3ccccc3)C2=O)C12C(=O)Nc1ccccc12. The van der Waals surface area contributed by atoms with Crippen molar-refractivity contribution in [1.29, 1.82) is 0 Å². The number of benzene rings is 4. The van der Waals surface area contributed by atoms with Crippen molar-refractivity contribution in [2.45, 2.75) is 16.2 Å². The van der Waals surface area contributed by atoms with Crippen LogP contribution < -0.4 is 10.7 Å². The van der Waals surface area contributed by atoms with Crippen LogP contribution >= 0.6 is 11.8 Å². The van der Waals surface area contributed by atoms with E-state index in [-0.39, 0.29) is 17.7 Å². The number of likely N-dealkylation sites (N-methyl/N-ethyl adjacent to an activating group) is 1. The number of rotatable bonds is 4. The number of hydrogen-bond acceptors (Lipinski definition) is 6. The minimum Gasteiger partial charge on any atom is -0.324 e. The highest BCUT2D eigenvalue weighted by molar-refractivity contribution is 8.16. The van der Waals surface area contributed by atoms with Gasteiger partial charge in [0, 0.05) is 23.7 Å². The molecule has 3 atom stereocenters. The number of nitrogens with one attached hydrogen (secondary N) is 2. The zero-order valence-electron chi connectivity index (χ0n) is 21.8. The molecular formula is C32H27N5O2S. The Kier molecular flexibility index (Phi) is 5.76. The van der Waals surface area contributed by atoms with E-state index >= 15 is 4.79 Å². The third kappa shape index (κ3) is 3.39. The molecule has 0 radical (unpaired) electrons. The van der Waals surface area contributed by atoms with Gasteiger partial charge in [-0.2, -0.15) is 5.01 Å². The van der Waals surface area contributed by atoms with Crippen LogP contribution in [-0.2, 0) is 15.1 Å². The van der Waals surface area contributed by atoms with Crippen LogP contribution in [0.3, 0.4) is 0 Å². The van der Waals surface area contributed by atoms with E-state index in [1.54, 1.807) is 0 Å². The van der Waals surface area contributed by atoms with Crippen LogP contribution in [0.25, 0.3) is 0 Å². The average molecular weight is 546 g/mol. The molecule has 0 aliphatic carbocycles. The zero-order valence-corrected chi connectivity index (χ0v) is 22.6. The monoisotopic (exact) mass is 545 g/mol. The average Bonchev–Trinajstić information content (AvgIpc) is 3.55. The van der Waals surface area contributed by atoms with E-state index < -0.39 is 10.3 Å². The van der Waals surface area contributed by atoms with E-state index in [1.165, 1.54) is 16.8 Å². The normalized spacial score (nSPS) is 26.6. The first-order chi connectivity index (χ1) is 19.6. The molecule has 4 aromatic carbocycles. The van der Waals surface area contributed by atoms with Gasteiger partial charge in [0.25, 0.3) is 11.8 Å². The molecule has 7 nitrogen and oxygen atoms in total. The quantitative estimate of drug-likeness (QED) is 0.350. The molecule has 3 unspecified atom stereocenters. The molecule has 3 aliphatic rings. The third-order valence-electron chi connectivity index (χ3n) is 8.11. The van der Waals surface area contributed by atoms with Crippen LogP contribution in [0.5, 0.6) is 0 Å². The van der Waals surface area contributed by atoms with Crippen LogP contribution in [0, 0.1) is 0 Å². The maximum Gasteiger partial charge on any atom is 0.267 e. The van der Waals surface area contributed by atoms with Gasteiger partial charge < -0.3 is 5.32 Å². The smallest absolute Gasteiger partial charge is 0.267 e. The van der Waals surface area contributed by atoms with Crippen molar-refractivity contribution >= 4 is 45.8 Å². The molecule has 4 aromatic rings. The Labute approximate surface area is 236 Å². The minimum absolute atomic E-state index is 0.198. The lowest BCUT2D eigenvalue weighted by atomic mass is 9.72. The second-order valence-corrected chi connectivity index (χ2v) is 11.5. The van der Waals surface area contributed by atoms with Gasteiger partial charge in [-0.15, -0.1) is 0 Å². The summed E-state index contributed by atoms with van der Waals surface area (Å²) in [5.41, 5.74) is 6.09. The summed E-state index contributed by atoms with van der Waals surface area (Å²) < 4.78 is -1.24. The number of likely N-dealkylation sites (tertiary alicyclic amines) is 1. The van der Waals surface area contributed by atoms with Crippen LogP contribution in [-0.4, -0.2) is 45.2 Å². The number of carbonyl (C=O) groups excluding carboxylic acids is 2. The summed E-state index contributed by atoms with van der Waals surface area (Å²) in [6, 6.07) is 36.9. The van der Waals surface area contributed by atoms with Crippen molar-refractivity contribution in [3.63, 3.8) is 0 Å². The van der Waals surface area contributed by atoms with Crippen molar-refractivity contribution in [2.24, 2.45) is 4.99 Å². The Hall–Kier alpha value is -4.40. The molecule has 0 bridgehead atoms. The molecule has 2 N–H and O–H groups in total. The van der Waals surface area contributed by atoms with Gasteiger partial charge in [0.15, 0.2) is 10.7 Å². The van der Waals surface area contributed by atoms with Crippen molar-refractivity contribution in [2.75, 3.05) is 24.3 Å². The van der Waals surface area contributed by atoms with Crippen molar-refractivity contribution in [3.8, 4) is 0 Å². The number of aliphatic imine (C=N–C) groups is 1. The molecule has 3 heterocycles. The Balaban J connectivity index is 1.49. The molecular weight excluding hydrogens is 518 g/mol. The molecule has 2 saturated heterocycles. The maximum atomic E-state index is 15.1. The molecule has 2 spiro atoms. The summed E-state index contributed by atoms with van der Waals surface area (Å²) in [5.74, 6) is -0.700. The lowest BCUT2D eigenvalue weighted by Crippen LogP contribution is -2.62. The fraction of sp³-hybridized carbons (Fsp3) is 0.156. The number of fused-ring (bicyclic) bond motifs is 3. The fourth-order valence-electron chi connectivity index (χ4n) is 6.45. The Morgan fingerprint density at radius 3 is 2.20 bits per heavy atom. The summed E-state index contributed by atoms with van der Waals surface area (Å²) in [6.07, 6.45) is 0. The predicted octanol–water partition coefficient (Wildman–Crippen LogP) is 5.59. The summed E-state index contributed by atoms with van der Waals surface area (Å²) in [6.45, 7) is 0.516. The van der Waals surface area contributed by atoms with Gasteiger partial charge in [-0.1, -0.05) is 96.7 Å². The maximum absolute atomic E-state index is 15.1. The van der Waals surface area contributed by atoms with Gasteiger partial charge in [-0.05, 0) is 42.9 Å². The largest absolute Gasteiger partial charge is 0.324 e. The Bertz CT molecular complexity index is 1630. The number of amidine groups is 1. The van der Waals surface area contributed by atoms with Crippen LogP contribution in [0.4, 0.5) is 17.1 Å². The van der Waals surface area contributed by atoms with Crippen LogP contribution in [0.15, 0.2) is 120 Å².